The van der Waals surface area contributed by atoms with E-state index in [2.05, 4.69) is 18.8 Å². The lowest BCUT2D eigenvalue weighted by molar-refractivity contribution is 0.0466. The summed E-state index contributed by atoms with van der Waals surface area (Å²) in [7, 11) is 0. The summed E-state index contributed by atoms with van der Waals surface area (Å²) in [6.45, 7) is 8.21. The minimum absolute atomic E-state index is 0. The second-order valence-electron chi connectivity index (χ2n) is 8.46. The summed E-state index contributed by atoms with van der Waals surface area (Å²) in [5.41, 5.74) is 12.1. The number of benzene rings is 1. The molecule has 0 fully saturated rings. The molecule has 3 rings (SSSR count). The largest absolute Gasteiger partial charge is 0.478 e. The first kappa shape index (κ1) is 33.3. The van der Waals surface area contributed by atoms with Gasteiger partial charge in [0.1, 0.15) is 6.61 Å². The van der Waals surface area contributed by atoms with E-state index in [-0.39, 0.29) is 55.9 Å². The summed E-state index contributed by atoms with van der Waals surface area (Å²) in [6.07, 6.45) is 1.99. The monoisotopic (exact) mass is 555 g/mol. The van der Waals surface area contributed by atoms with Crippen molar-refractivity contribution in [1.29, 1.82) is 0 Å². The smallest absolute Gasteiger partial charge is 0.341 e. The van der Waals surface area contributed by atoms with Crippen LogP contribution in [-0.2, 0) is 24.3 Å². The molecule has 10 heteroatoms. The van der Waals surface area contributed by atoms with Crippen molar-refractivity contribution in [1.82, 2.24) is 9.97 Å². The standard InChI is InChI=1S/C26H29N3O4.3ClH/c1-15(2)11-22-21(12-27)24(18-7-5-16(3)6-8-18)23(17(4)29-22)26(32)33-14-20-10-9-19(13-28-20)25(30)31;;;/h5-10,13,15H,11-12,14,27H2,1-4H3,(H,30,31);3*1H. The molecule has 0 radical (unpaired) electrons. The zero-order chi connectivity index (χ0) is 24.1. The third-order valence-corrected chi connectivity index (χ3v) is 5.34. The maximum Gasteiger partial charge on any atom is 0.341 e. The minimum atomic E-state index is -1.06. The molecule has 7 nitrogen and oxygen atoms in total. The van der Waals surface area contributed by atoms with Gasteiger partial charge in [0.25, 0.3) is 0 Å². The molecule has 2 heterocycles. The Kier molecular flexibility index (Phi) is 13.6. The van der Waals surface area contributed by atoms with Gasteiger partial charge in [0, 0.05) is 24.0 Å². The topological polar surface area (TPSA) is 115 Å². The van der Waals surface area contributed by atoms with Crippen LogP contribution in [0.1, 0.15) is 62.8 Å². The quantitative estimate of drug-likeness (QED) is 0.340. The highest BCUT2D eigenvalue weighted by atomic mass is 35.5. The molecule has 0 unspecified atom stereocenters. The molecule has 0 saturated heterocycles. The summed E-state index contributed by atoms with van der Waals surface area (Å²) in [6, 6.07) is 10.9. The van der Waals surface area contributed by atoms with Crippen molar-refractivity contribution < 1.29 is 19.4 Å². The van der Waals surface area contributed by atoms with Gasteiger partial charge in [-0.25, -0.2) is 9.59 Å². The zero-order valence-corrected chi connectivity index (χ0v) is 23.1. The molecule has 3 N–H and O–H groups in total. The van der Waals surface area contributed by atoms with Crippen molar-refractivity contribution in [2.75, 3.05) is 0 Å². The molecule has 0 atom stereocenters. The molecule has 0 saturated carbocycles. The van der Waals surface area contributed by atoms with Crippen LogP contribution in [0.3, 0.4) is 0 Å². The Labute approximate surface area is 230 Å². The van der Waals surface area contributed by atoms with Crippen LogP contribution in [0, 0.1) is 19.8 Å². The molecule has 3 aromatic rings. The fraction of sp³-hybridized carbons (Fsp3) is 0.308. The highest BCUT2D eigenvalue weighted by Crippen LogP contribution is 2.33. The second-order valence-corrected chi connectivity index (χ2v) is 8.46. The van der Waals surface area contributed by atoms with Gasteiger partial charge in [0.15, 0.2) is 0 Å². The fourth-order valence-corrected chi connectivity index (χ4v) is 3.71. The second kappa shape index (κ2) is 14.8. The molecular weight excluding hydrogens is 525 g/mol. The Balaban J connectivity index is 0.00000408. The van der Waals surface area contributed by atoms with Gasteiger partial charge in [-0.05, 0) is 49.4 Å². The number of nitrogens with zero attached hydrogens (tertiary/aromatic N) is 2. The first-order chi connectivity index (χ1) is 15.7. The summed E-state index contributed by atoms with van der Waals surface area (Å²) >= 11 is 0. The fourth-order valence-electron chi connectivity index (χ4n) is 3.71. The molecule has 0 bridgehead atoms. The number of esters is 1. The van der Waals surface area contributed by atoms with Gasteiger partial charge >= 0.3 is 11.9 Å². The van der Waals surface area contributed by atoms with Crippen LogP contribution in [0.5, 0.6) is 0 Å². The first-order valence-corrected chi connectivity index (χ1v) is 10.9. The van der Waals surface area contributed by atoms with E-state index in [4.69, 9.17) is 20.6 Å². The van der Waals surface area contributed by atoms with E-state index in [0.29, 0.717) is 22.9 Å². The SMILES string of the molecule is Cc1ccc(-c2c(CN)c(CC(C)C)nc(C)c2C(=O)OCc2ccc(C(=O)O)cn2)cc1.Cl.Cl.Cl. The number of aryl methyl sites for hydroxylation is 2. The van der Waals surface area contributed by atoms with Gasteiger partial charge < -0.3 is 15.6 Å². The number of carboxylic acid groups (broad SMARTS) is 1. The molecule has 2 aromatic heterocycles. The zero-order valence-electron chi connectivity index (χ0n) is 20.6. The predicted molar refractivity (Wildman–Crippen MR) is 148 cm³/mol. The average Bonchev–Trinajstić information content (AvgIpc) is 2.77. The predicted octanol–water partition coefficient (Wildman–Crippen LogP) is 5.74. The molecule has 196 valence electrons. The van der Waals surface area contributed by atoms with Gasteiger partial charge in [-0.3, -0.25) is 9.97 Å². The van der Waals surface area contributed by atoms with Crippen LogP contribution < -0.4 is 5.73 Å². The number of carbonyl (C=O) groups excluding carboxylic acids is 1. The molecule has 1 aromatic carbocycles. The Morgan fingerprint density at radius 1 is 1.03 bits per heavy atom. The Morgan fingerprint density at radius 3 is 2.17 bits per heavy atom. The van der Waals surface area contributed by atoms with Crippen LogP contribution in [-0.4, -0.2) is 27.0 Å². The number of hydrogen-bond acceptors (Lipinski definition) is 6. The molecule has 36 heavy (non-hydrogen) atoms. The highest BCUT2D eigenvalue weighted by Gasteiger charge is 2.24. The van der Waals surface area contributed by atoms with Crippen molar-refractivity contribution in [2.24, 2.45) is 11.7 Å². The lowest BCUT2D eigenvalue weighted by Crippen LogP contribution is -2.17. The van der Waals surface area contributed by atoms with Gasteiger partial charge in [0.05, 0.1) is 22.5 Å². The van der Waals surface area contributed by atoms with Crippen molar-refractivity contribution >= 4 is 49.2 Å². The Morgan fingerprint density at radius 2 is 1.67 bits per heavy atom. The van der Waals surface area contributed by atoms with Gasteiger partial charge in [-0.1, -0.05) is 43.7 Å². The number of carboxylic acids is 1. The Bertz CT molecular complexity index is 1170. The molecule has 0 amide bonds. The lowest BCUT2D eigenvalue weighted by Gasteiger charge is -2.20. The maximum atomic E-state index is 13.3. The number of ether oxygens (including phenoxy) is 1. The number of rotatable bonds is 8. The summed E-state index contributed by atoms with van der Waals surface area (Å²) in [5.74, 6) is -1.21. The van der Waals surface area contributed by atoms with Crippen molar-refractivity contribution in [3.8, 4) is 11.1 Å². The summed E-state index contributed by atoms with van der Waals surface area (Å²) in [4.78, 5) is 33.1. The van der Waals surface area contributed by atoms with E-state index in [1.807, 2.05) is 31.2 Å². The van der Waals surface area contributed by atoms with Gasteiger partial charge in [-0.15, -0.1) is 37.2 Å². The summed E-state index contributed by atoms with van der Waals surface area (Å²) in [5, 5.41) is 9.01. The van der Waals surface area contributed by atoms with Crippen LogP contribution in [0.4, 0.5) is 0 Å². The lowest BCUT2D eigenvalue weighted by atomic mass is 9.90. The Hall–Kier alpha value is -2.71. The highest BCUT2D eigenvalue weighted by molar-refractivity contribution is 5.99. The molecule has 0 aliphatic heterocycles. The molecular formula is C26H32Cl3N3O4. The van der Waals surface area contributed by atoms with E-state index in [1.54, 1.807) is 6.92 Å². The van der Waals surface area contributed by atoms with Gasteiger partial charge in [-0.2, -0.15) is 0 Å². The number of halogens is 3. The van der Waals surface area contributed by atoms with E-state index < -0.39 is 11.9 Å². The van der Waals surface area contributed by atoms with Crippen LogP contribution in [0.15, 0.2) is 42.6 Å². The molecule has 0 aliphatic carbocycles. The van der Waals surface area contributed by atoms with Crippen LogP contribution >= 0.6 is 37.2 Å². The normalized spacial score (nSPS) is 10.1. The number of nitrogens with two attached hydrogens (primary N) is 1. The molecule has 0 spiro atoms. The number of hydrogen-bond donors (Lipinski definition) is 2. The number of aromatic carboxylic acids is 1. The molecule has 0 aliphatic rings. The maximum absolute atomic E-state index is 13.3. The third-order valence-electron chi connectivity index (χ3n) is 5.34. The van der Waals surface area contributed by atoms with Crippen molar-refractivity contribution in [3.63, 3.8) is 0 Å². The number of pyridine rings is 2. The van der Waals surface area contributed by atoms with E-state index in [9.17, 15) is 9.59 Å². The van der Waals surface area contributed by atoms with Crippen LogP contribution in [0.25, 0.3) is 11.1 Å². The van der Waals surface area contributed by atoms with E-state index in [0.717, 1.165) is 34.4 Å². The summed E-state index contributed by atoms with van der Waals surface area (Å²) < 4.78 is 5.57. The number of carbonyl (C=O) groups is 2. The average molecular weight is 557 g/mol. The number of aromatic nitrogens is 2. The first-order valence-electron chi connectivity index (χ1n) is 10.9. The van der Waals surface area contributed by atoms with Crippen molar-refractivity contribution in [3.05, 3.63) is 81.9 Å². The van der Waals surface area contributed by atoms with Crippen molar-refractivity contribution in [2.45, 2.75) is 47.3 Å². The van der Waals surface area contributed by atoms with Crippen LogP contribution in [0.2, 0.25) is 0 Å². The van der Waals surface area contributed by atoms with E-state index in [1.165, 1.54) is 18.3 Å². The van der Waals surface area contributed by atoms with Gasteiger partial charge in [0.2, 0.25) is 0 Å². The van der Waals surface area contributed by atoms with E-state index >= 15 is 0 Å². The third kappa shape index (κ3) is 7.90. The minimum Gasteiger partial charge on any atom is -0.478 e.